The van der Waals surface area contributed by atoms with Crippen LogP contribution in [0.2, 0.25) is 0 Å². The van der Waals surface area contributed by atoms with Crippen LogP contribution in [0.4, 0.5) is 11.6 Å². The lowest BCUT2D eigenvalue weighted by molar-refractivity contribution is 0.189. The first-order valence-corrected chi connectivity index (χ1v) is 11.6. The van der Waals surface area contributed by atoms with Crippen molar-refractivity contribution < 1.29 is 0 Å². The van der Waals surface area contributed by atoms with Gasteiger partial charge in [-0.25, -0.2) is 4.98 Å². The maximum atomic E-state index is 13.8. The van der Waals surface area contributed by atoms with E-state index in [-0.39, 0.29) is 5.56 Å². The lowest BCUT2D eigenvalue weighted by atomic mass is 10.0. The molecule has 4 aromatic rings. The highest BCUT2D eigenvalue weighted by Crippen LogP contribution is 2.31. The molecular weight excluding hydrogens is 422 g/mol. The summed E-state index contributed by atoms with van der Waals surface area (Å²) in [5, 5.41) is 0. The van der Waals surface area contributed by atoms with Crippen LogP contribution in [0.25, 0.3) is 0 Å². The molecule has 172 valence electrons. The van der Waals surface area contributed by atoms with Crippen molar-refractivity contribution in [3.63, 3.8) is 0 Å². The Bertz CT molecular complexity index is 1370. The quantitative estimate of drug-likeness (QED) is 0.439. The largest absolute Gasteiger partial charge is 0.298 e. The Labute approximate surface area is 200 Å². The van der Waals surface area contributed by atoms with Crippen LogP contribution >= 0.6 is 0 Å². The van der Waals surface area contributed by atoms with E-state index in [1.165, 1.54) is 5.56 Å². The Morgan fingerprint density at radius 2 is 1.71 bits per heavy atom. The molecule has 6 heteroatoms. The van der Waals surface area contributed by atoms with Crippen molar-refractivity contribution in [3.05, 3.63) is 117 Å². The van der Waals surface area contributed by atoms with Crippen LogP contribution in [0, 0.1) is 20.8 Å². The van der Waals surface area contributed by atoms with E-state index in [0.29, 0.717) is 32.3 Å². The molecule has 0 saturated carbocycles. The molecule has 1 aliphatic heterocycles. The van der Waals surface area contributed by atoms with Gasteiger partial charge in [-0.3, -0.25) is 24.1 Å². The molecule has 0 N–H and O–H groups in total. The summed E-state index contributed by atoms with van der Waals surface area (Å²) >= 11 is 0. The molecular formula is C28H29N5O. The zero-order valence-electron chi connectivity index (χ0n) is 19.9. The Hall–Kier alpha value is -3.77. The second-order valence-corrected chi connectivity index (χ2v) is 9.06. The molecule has 0 fully saturated rings. The zero-order chi connectivity index (χ0) is 23.7. The van der Waals surface area contributed by atoms with Crippen LogP contribution in [0.15, 0.2) is 77.9 Å². The van der Waals surface area contributed by atoms with Gasteiger partial charge in [0.2, 0.25) is 5.95 Å². The molecule has 0 aliphatic carbocycles. The number of anilines is 2. The third-order valence-electron chi connectivity index (χ3n) is 6.37. The number of nitrogens with zero attached hydrogens (tertiary/aromatic N) is 5. The van der Waals surface area contributed by atoms with Gasteiger partial charge in [-0.2, -0.15) is 0 Å². The summed E-state index contributed by atoms with van der Waals surface area (Å²) in [5.74, 6) is 0.703. The Kier molecular flexibility index (Phi) is 5.99. The fraction of sp³-hybridized carbons (Fsp3) is 0.250. The van der Waals surface area contributed by atoms with E-state index in [2.05, 4.69) is 65.0 Å². The Morgan fingerprint density at radius 3 is 2.44 bits per heavy atom. The average Bonchev–Trinajstić information content (AvgIpc) is 2.83. The Balaban J connectivity index is 1.60. The summed E-state index contributed by atoms with van der Waals surface area (Å²) < 4.78 is 1.82. The molecule has 3 heterocycles. The number of rotatable bonds is 5. The SMILES string of the molecule is Cc1ccc(N2CN(Cc3cccnc3)Cn3c2nc(C)c(Cc2ccccc2)c3=O)c(C)c1. The molecule has 2 aromatic heterocycles. The predicted molar refractivity (Wildman–Crippen MR) is 135 cm³/mol. The van der Waals surface area contributed by atoms with Crippen molar-refractivity contribution in [2.24, 2.45) is 0 Å². The summed E-state index contributed by atoms with van der Waals surface area (Å²) in [7, 11) is 0. The van der Waals surface area contributed by atoms with E-state index in [0.717, 1.165) is 33.6 Å². The summed E-state index contributed by atoms with van der Waals surface area (Å²) in [6.07, 6.45) is 4.24. The summed E-state index contributed by atoms with van der Waals surface area (Å²) in [4.78, 5) is 27.5. The van der Waals surface area contributed by atoms with E-state index in [1.54, 1.807) is 6.20 Å². The maximum Gasteiger partial charge on any atom is 0.259 e. The molecule has 0 spiro atoms. The lowest BCUT2D eigenvalue weighted by Crippen LogP contribution is -2.47. The van der Waals surface area contributed by atoms with Crippen LogP contribution in [-0.2, 0) is 19.6 Å². The minimum absolute atomic E-state index is 0.0250. The minimum atomic E-state index is 0.0250. The third-order valence-corrected chi connectivity index (χ3v) is 6.37. The van der Waals surface area contributed by atoms with Crippen LogP contribution in [-0.4, -0.2) is 26.1 Å². The highest BCUT2D eigenvalue weighted by atomic mass is 16.1. The first-order chi connectivity index (χ1) is 16.5. The molecule has 0 saturated heterocycles. The normalized spacial score (nSPS) is 13.7. The first-order valence-electron chi connectivity index (χ1n) is 11.6. The van der Waals surface area contributed by atoms with E-state index >= 15 is 0 Å². The molecule has 0 amide bonds. The smallest absolute Gasteiger partial charge is 0.259 e. The summed E-state index contributed by atoms with van der Waals surface area (Å²) in [6.45, 7) is 7.98. The fourth-order valence-electron chi connectivity index (χ4n) is 4.67. The van der Waals surface area contributed by atoms with Crippen molar-refractivity contribution in [2.45, 2.75) is 40.4 Å². The van der Waals surface area contributed by atoms with Gasteiger partial charge in [0.25, 0.3) is 5.56 Å². The van der Waals surface area contributed by atoms with Gasteiger partial charge < -0.3 is 0 Å². The monoisotopic (exact) mass is 451 g/mol. The van der Waals surface area contributed by atoms with Gasteiger partial charge >= 0.3 is 0 Å². The first kappa shape index (κ1) is 22.0. The maximum absolute atomic E-state index is 13.8. The number of aromatic nitrogens is 3. The fourth-order valence-corrected chi connectivity index (χ4v) is 4.67. The van der Waals surface area contributed by atoms with Gasteiger partial charge in [0, 0.05) is 36.6 Å². The van der Waals surface area contributed by atoms with E-state index in [9.17, 15) is 4.79 Å². The topological polar surface area (TPSA) is 54.3 Å². The number of benzene rings is 2. The van der Waals surface area contributed by atoms with E-state index in [4.69, 9.17) is 4.98 Å². The van der Waals surface area contributed by atoms with Crippen molar-refractivity contribution >= 4 is 11.6 Å². The molecule has 2 aromatic carbocycles. The molecule has 1 aliphatic rings. The molecule has 6 nitrogen and oxygen atoms in total. The standard InChI is InChI=1S/C28H29N5O/c1-20-11-12-26(21(2)14-20)32-18-31(17-24-10-7-13-29-16-24)19-33-27(34)25(22(3)30-28(32)33)15-23-8-5-4-6-9-23/h4-14,16H,15,17-19H2,1-3H3. The van der Waals surface area contributed by atoms with Crippen LogP contribution in [0.5, 0.6) is 0 Å². The molecule has 0 radical (unpaired) electrons. The highest BCUT2D eigenvalue weighted by molar-refractivity contribution is 5.63. The van der Waals surface area contributed by atoms with Gasteiger partial charge in [-0.15, -0.1) is 0 Å². The molecule has 34 heavy (non-hydrogen) atoms. The van der Waals surface area contributed by atoms with Crippen molar-refractivity contribution in [2.75, 3.05) is 11.6 Å². The van der Waals surface area contributed by atoms with E-state index in [1.807, 2.05) is 42.0 Å². The number of hydrogen-bond donors (Lipinski definition) is 0. The molecule has 0 atom stereocenters. The summed E-state index contributed by atoms with van der Waals surface area (Å²) in [5.41, 5.74) is 7.23. The predicted octanol–water partition coefficient (Wildman–Crippen LogP) is 4.72. The number of aryl methyl sites for hydroxylation is 3. The highest BCUT2D eigenvalue weighted by Gasteiger charge is 2.28. The minimum Gasteiger partial charge on any atom is -0.298 e. The molecule has 5 rings (SSSR count). The zero-order valence-corrected chi connectivity index (χ0v) is 19.9. The number of fused-ring (bicyclic) bond motifs is 1. The van der Waals surface area contributed by atoms with Crippen molar-refractivity contribution in [1.29, 1.82) is 0 Å². The molecule has 0 bridgehead atoms. The third kappa shape index (κ3) is 4.37. The van der Waals surface area contributed by atoms with Gasteiger partial charge in [-0.05, 0) is 49.6 Å². The van der Waals surface area contributed by atoms with Crippen molar-refractivity contribution in [3.8, 4) is 0 Å². The summed E-state index contributed by atoms with van der Waals surface area (Å²) in [6, 6.07) is 20.5. The second kappa shape index (κ2) is 9.23. The van der Waals surface area contributed by atoms with Crippen molar-refractivity contribution in [1.82, 2.24) is 19.4 Å². The van der Waals surface area contributed by atoms with Gasteiger partial charge in [0.1, 0.15) is 0 Å². The van der Waals surface area contributed by atoms with Crippen LogP contribution < -0.4 is 10.5 Å². The van der Waals surface area contributed by atoms with Gasteiger partial charge in [0.05, 0.1) is 19.0 Å². The van der Waals surface area contributed by atoms with E-state index < -0.39 is 0 Å². The average molecular weight is 452 g/mol. The number of hydrogen-bond acceptors (Lipinski definition) is 5. The van der Waals surface area contributed by atoms with Gasteiger partial charge in [-0.1, -0.05) is 54.1 Å². The molecule has 0 unspecified atom stereocenters. The number of pyridine rings is 1. The van der Waals surface area contributed by atoms with Crippen LogP contribution in [0.1, 0.15) is 33.5 Å². The lowest BCUT2D eigenvalue weighted by Gasteiger charge is -2.39. The van der Waals surface area contributed by atoms with Gasteiger partial charge in [0.15, 0.2) is 0 Å². The second-order valence-electron chi connectivity index (χ2n) is 9.06. The van der Waals surface area contributed by atoms with Crippen LogP contribution in [0.3, 0.4) is 0 Å². The Morgan fingerprint density at radius 1 is 0.912 bits per heavy atom.